The van der Waals surface area contributed by atoms with Gasteiger partial charge in [0.1, 0.15) is 12.7 Å². The summed E-state index contributed by atoms with van der Waals surface area (Å²) in [6.07, 6.45) is 8.54. The van der Waals surface area contributed by atoms with Gasteiger partial charge in [0.05, 0.1) is 11.5 Å². The van der Waals surface area contributed by atoms with E-state index in [9.17, 15) is 9.59 Å². The van der Waals surface area contributed by atoms with E-state index in [2.05, 4.69) is 11.8 Å². The van der Waals surface area contributed by atoms with Crippen molar-refractivity contribution in [2.75, 3.05) is 13.2 Å². The van der Waals surface area contributed by atoms with E-state index in [1.165, 1.54) is 6.42 Å². The Morgan fingerprint density at radius 3 is 2.42 bits per heavy atom. The van der Waals surface area contributed by atoms with Crippen LogP contribution in [0.4, 0.5) is 0 Å². The molecule has 202 valence electrons. The van der Waals surface area contributed by atoms with Gasteiger partial charge in [-0.05, 0) is 87.6 Å². The molecule has 0 bridgehead atoms. The van der Waals surface area contributed by atoms with Crippen molar-refractivity contribution in [1.82, 2.24) is 0 Å². The molecule has 1 saturated carbocycles. The first kappa shape index (κ1) is 27.9. The predicted molar refractivity (Wildman–Crippen MR) is 144 cm³/mol. The molecule has 1 saturated heterocycles. The lowest BCUT2D eigenvalue weighted by Crippen LogP contribution is -2.29. The molecule has 1 unspecified atom stereocenters. The zero-order valence-electron chi connectivity index (χ0n) is 22.1. The van der Waals surface area contributed by atoms with Gasteiger partial charge in [-0.1, -0.05) is 42.2 Å². The predicted octanol–water partition coefficient (Wildman–Crippen LogP) is 6.21. The number of benzene rings is 2. The average Bonchev–Trinajstić information content (AvgIpc) is 2.97. The lowest BCUT2D eigenvalue weighted by molar-refractivity contribution is -0.162. The van der Waals surface area contributed by atoms with Crippen molar-refractivity contribution < 1.29 is 28.5 Å². The molecule has 38 heavy (non-hydrogen) atoms. The summed E-state index contributed by atoms with van der Waals surface area (Å²) < 4.78 is 22.5. The van der Waals surface area contributed by atoms with Crippen molar-refractivity contribution in [3.63, 3.8) is 0 Å². The second-order valence-electron chi connectivity index (χ2n) is 9.98. The summed E-state index contributed by atoms with van der Waals surface area (Å²) in [5, 5.41) is 0. The van der Waals surface area contributed by atoms with Crippen LogP contribution < -0.4 is 0 Å². The van der Waals surface area contributed by atoms with E-state index < -0.39 is 0 Å². The summed E-state index contributed by atoms with van der Waals surface area (Å²) in [4.78, 5) is 25.0. The minimum atomic E-state index is -0.332. The Kier molecular flexibility index (Phi) is 11.2. The molecule has 4 rings (SSSR count). The molecule has 2 fully saturated rings. The first-order chi connectivity index (χ1) is 18.7. The lowest BCUT2D eigenvalue weighted by atomic mass is 9.87. The molecule has 1 aliphatic heterocycles. The maximum Gasteiger partial charge on any atom is 0.338 e. The highest BCUT2D eigenvalue weighted by Gasteiger charge is 2.29. The van der Waals surface area contributed by atoms with Crippen molar-refractivity contribution in [1.29, 1.82) is 0 Å². The van der Waals surface area contributed by atoms with E-state index >= 15 is 0 Å². The second kappa shape index (κ2) is 15.3. The third kappa shape index (κ3) is 9.31. The van der Waals surface area contributed by atoms with Crippen LogP contribution in [-0.2, 0) is 30.3 Å². The molecule has 0 spiro atoms. The van der Waals surface area contributed by atoms with Gasteiger partial charge in [0, 0.05) is 25.2 Å². The highest BCUT2D eigenvalue weighted by molar-refractivity contribution is 5.89. The van der Waals surface area contributed by atoms with Gasteiger partial charge in [0.2, 0.25) is 0 Å². The molecule has 6 heteroatoms. The molecular formula is C32H38O6. The van der Waals surface area contributed by atoms with E-state index in [-0.39, 0.29) is 30.3 Å². The maximum absolute atomic E-state index is 12.6. The van der Waals surface area contributed by atoms with Crippen molar-refractivity contribution >= 4 is 11.9 Å². The van der Waals surface area contributed by atoms with Crippen LogP contribution in [0.25, 0.3) is 0 Å². The van der Waals surface area contributed by atoms with Crippen LogP contribution >= 0.6 is 0 Å². The Morgan fingerprint density at radius 2 is 1.68 bits per heavy atom. The fourth-order valence-corrected chi connectivity index (χ4v) is 4.71. The molecule has 0 radical (unpaired) electrons. The highest BCUT2D eigenvalue weighted by Crippen LogP contribution is 2.28. The number of esters is 2. The molecule has 1 heterocycles. The van der Waals surface area contributed by atoms with Gasteiger partial charge in [0.15, 0.2) is 6.29 Å². The molecule has 6 nitrogen and oxygen atoms in total. The second-order valence-corrected chi connectivity index (χ2v) is 9.98. The summed E-state index contributed by atoms with van der Waals surface area (Å²) in [5.41, 5.74) is 2.37. The quantitative estimate of drug-likeness (QED) is 0.212. The number of hydrogen-bond acceptors (Lipinski definition) is 6. The Balaban J connectivity index is 1.10. The lowest BCUT2D eigenvalue weighted by Gasteiger charge is -2.27. The molecular weight excluding hydrogens is 480 g/mol. The number of carbonyl (C=O) groups is 2. The molecule has 2 aliphatic rings. The highest BCUT2D eigenvalue weighted by atomic mass is 16.7. The largest absolute Gasteiger partial charge is 0.461 e. The van der Waals surface area contributed by atoms with Crippen LogP contribution in [0.1, 0.15) is 85.7 Å². The third-order valence-corrected chi connectivity index (χ3v) is 7.00. The minimum Gasteiger partial charge on any atom is -0.461 e. The topological polar surface area (TPSA) is 71.1 Å². The fraction of sp³-hybridized carbons (Fsp3) is 0.500. The summed E-state index contributed by atoms with van der Waals surface area (Å²) in [6, 6.07) is 16.9. The Hall–Kier alpha value is -3.14. The SMILES string of the molecule is O=C(OC1CCC(C(=O)OCc2ccccc2)CC1)c1ccc(C#CCCCCOC2CCCCO2)cc1. The first-order valence-electron chi connectivity index (χ1n) is 13.9. The monoisotopic (exact) mass is 518 g/mol. The maximum atomic E-state index is 12.6. The molecule has 2 aromatic carbocycles. The molecule has 0 amide bonds. The number of carbonyl (C=O) groups excluding carboxylic acids is 2. The Bertz CT molecular complexity index is 1050. The minimum absolute atomic E-state index is 0.0240. The van der Waals surface area contributed by atoms with Crippen LogP contribution in [0, 0.1) is 17.8 Å². The van der Waals surface area contributed by atoms with E-state index in [4.69, 9.17) is 18.9 Å². The van der Waals surface area contributed by atoms with Crippen LogP contribution in [-0.4, -0.2) is 37.5 Å². The van der Waals surface area contributed by atoms with Gasteiger partial charge < -0.3 is 18.9 Å². The van der Waals surface area contributed by atoms with E-state index in [1.807, 2.05) is 42.5 Å². The zero-order chi connectivity index (χ0) is 26.4. The van der Waals surface area contributed by atoms with Crippen molar-refractivity contribution in [3.05, 3.63) is 71.3 Å². The van der Waals surface area contributed by atoms with Gasteiger partial charge in [0.25, 0.3) is 0 Å². The average molecular weight is 519 g/mol. The summed E-state index contributed by atoms with van der Waals surface area (Å²) in [7, 11) is 0. The Labute approximate surface area is 226 Å². The number of hydrogen-bond donors (Lipinski definition) is 0. The molecule has 0 aromatic heterocycles. The van der Waals surface area contributed by atoms with Gasteiger partial charge in [-0.3, -0.25) is 4.79 Å². The fourth-order valence-electron chi connectivity index (χ4n) is 4.71. The van der Waals surface area contributed by atoms with E-state index in [0.717, 1.165) is 49.8 Å². The van der Waals surface area contributed by atoms with Crippen LogP contribution in [0.15, 0.2) is 54.6 Å². The number of rotatable bonds is 10. The molecule has 2 aromatic rings. The number of unbranched alkanes of at least 4 members (excludes halogenated alkanes) is 2. The van der Waals surface area contributed by atoms with E-state index in [1.54, 1.807) is 12.1 Å². The summed E-state index contributed by atoms with van der Waals surface area (Å²) in [6.45, 7) is 1.81. The van der Waals surface area contributed by atoms with Gasteiger partial charge in [-0.15, -0.1) is 0 Å². The zero-order valence-corrected chi connectivity index (χ0v) is 22.1. The standard InChI is InChI=1S/C32H38O6/c33-31(37-24-26-11-5-3-6-12-26)27-18-20-29(21-19-27)38-32(34)28-16-14-25(15-17-28)10-4-1-2-8-22-35-30-13-7-9-23-36-30/h3,5-6,11-12,14-17,27,29-30H,1-2,7-9,13,18-24H2. The molecule has 0 N–H and O–H groups in total. The van der Waals surface area contributed by atoms with E-state index in [0.29, 0.717) is 44.5 Å². The summed E-state index contributed by atoms with van der Waals surface area (Å²) in [5.74, 6) is 5.72. The normalized spacial score (nSPS) is 21.1. The summed E-state index contributed by atoms with van der Waals surface area (Å²) >= 11 is 0. The molecule has 1 aliphatic carbocycles. The van der Waals surface area contributed by atoms with Crippen LogP contribution in [0.5, 0.6) is 0 Å². The van der Waals surface area contributed by atoms with Gasteiger partial charge in [-0.25, -0.2) is 4.79 Å². The van der Waals surface area contributed by atoms with Crippen molar-refractivity contribution in [2.24, 2.45) is 5.92 Å². The van der Waals surface area contributed by atoms with Crippen LogP contribution in [0.2, 0.25) is 0 Å². The van der Waals surface area contributed by atoms with Crippen molar-refractivity contribution in [3.8, 4) is 11.8 Å². The molecule has 1 atom stereocenters. The first-order valence-corrected chi connectivity index (χ1v) is 13.9. The number of ether oxygens (including phenoxy) is 4. The van der Waals surface area contributed by atoms with Crippen molar-refractivity contribution in [2.45, 2.75) is 83.2 Å². The van der Waals surface area contributed by atoms with Gasteiger partial charge in [-0.2, -0.15) is 0 Å². The van der Waals surface area contributed by atoms with Gasteiger partial charge >= 0.3 is 11.9 Å². The smallest absolute Gasteiger partial charge is 0.338 e. The Morgan fingerprint density at radius 1 is 0.895 bits per heavy atom. The third-order valence-electron chi connectivity index (χ3n) is 7.00. The van der Waals surface area contributed by atoms with Crippen LogP contribution in [0.3, 0.4) is 0 Å².